The lowest BCUT2D eigenvalue weighted by atomic mass is 9.92. The minimum atomic E-state index is -0.943. The van der Waals surface area contributed by atoms with Crippen LogP contribution in [0.25, 0.3) is 0 Å². The molecule has 0 amide bonds. The number of hydrogen-bond donors (Lipinski definition) is 2. The maximum absolute atomic E-state index is 10.4. The third kappa shape index (κ3) is 2.10. The summed E-state index contributed by atoms with van der Waals surface area (Å²) in [4.78, 5) is 4.32. The molecule has 0 bridgehead atoms. The molecule has 0 aliphatic carbocycles. The molecule has 0 saturated carbocycles. The van der Waals surface area contributed by atoms with Gasteiger partial charge in [0.15, 0.2) is 5.82 Å². The van der Waals surface area contributed by atoms with Crippen LogP contribution in [-0.4, -0.2) is 28.3 Å². The molecule has 5 heteroatoms. The van der Waals surface area contributed by atoms with E-state index in [4.69, 9.17) is 4.52 Å². The fourth-order valence-corrected chi connectivity index (χ4v) is 1.77. The SMILES string of the molecule is CC(C)(C)c1noc(C2(O)CCNCC2)n1. The Morgan fingerprint density at radius 3 is 2.44 bits per heavy atom. The first-order valence-corrected chi connectivity index (χ1v) is 5.70. The van der Waals surface area contributed by atoms with Gasteiger partial charge in [0.1, 0.15) is 5.60 Å². The van der Waals surface area contributed by atoms with E-state index in [0.29, 0.717) is 24.6 Å². The van der Waals surface area contributed by atoms with Crippen LogP contribution in [0.3, 0.4) is 0 Å². The predicted octanol–water partition coefficient (Wildman–Crippen LogP) is 0.938. The number of hydrogen-bond acceptors (Lipinski definition) is 5. The number of rotatable bonds is 1. The maximum Gasteiger partial charge on any atom is 0.258 e. The van der Waals surface area contributed by atoms with Gasteiger partial charge in [0.25, 0.3) is 5.89 Å². The molecule has 0 radical (unpaired) electrons. The van der Waals surface area contributed by atoms with E-state index in [1.807, 2.05) is 20.8 Å². The molecule has 1 aromatic heterocycles. The van der Waals surface area contributed by atoms with Crippen molar-refractivity contribution in [1.29, 1.82) is 0 Å². The molecular formula is C11H19N3O2. The average Bonchev–Trinajstić information content (AvgIpc) is 2.67. The second-order valence-corrected chi connectivity index (χ2v) is 5.45. The lowest BCUT2D eigenvalue weighted by Crippen LogP contribution is -2.40. The number of nitrogens with zero attached hydrogens (tertiary/aromatic N) is 2. The maximum atomic E-state index is 10.4. The number of nitrogens with one attached hydrogen (secondary N) is 1. The average molecular weight is 225 g/mol. The van der Waals surface area contributed by atoms with Crippen molar-refractivity contribution in [3.63, 3.8) is 0 Å². The highest BCUT2D eigenvalue weighted by atomic mass is 16.5. The highest BCUT2D eigenvalue weighted by Crippen LogP contribution is 2.30. The van der Waals surface area contributed by atoms with Crippen molar-refractivity contribution in [2.24, 2.45) is 0 Å². The molecule has 5 nitrogen and oxygen atoms in total. The summed E-state index contributed by atoms with van der Waals surface area (Å²) in [6, 6.07) is 0. The zero-order valence-corrected chi connectivity index (χ0v) is 10.1. The summed E-state index contributed by atoms with van der Waals surface area (Å²) in [5.74, 6) is 1.01. The Morgan fingerprint density at radius 1 is 1.31 bits per heavy atom. The second-order valence-electron chi connectivity index (χ2n) is 5.45. The summed E-state index contributed by atoms with van der Waals surface area (Å²) in [6.07, 6.45) is 1.25. The molecular weight excluding hydrogens is 206 g/mol. The molecule has 90 valence electrons. The van der Waals surface area contributed by atoms with Gasteiger partial charge in [-0.05, 0) is 25.9 Å². The van der Waals surface area contributed by atoms with Crippen LogP contribution < -0.4 is 5.32 Å². The number of aromatic nitrogens is 2. The Hall–Kier alpha value is -0.940. The van der Waals surface area contributed by atoms with Crippen LogP contribution in [0.5, 0.6) is 0 Å². The van der Waals surface area contributed by atoms with E-state index in [1.165, 1.54) is 0 Å². The molecule has 1 aliphatic heterocycles. The third-order valence-corrected chi connectivity index (χ3v) is 2.93. The van der Waals surface area contributed by atoms with Gasteiger partial charge in [0.05, 0.1) is 0 Å². The fourth-order valence-electron chi connectivity index (χ4n) is 1.77. The molecule has 1 aromatic rings. The molecule has 0 unspecified atom stereocenters. The Kier molecular flexibility index (Phi) is 2.75. The summed E-state index contributed by atoms with van der Waals surface area (Å²) in [5.41, 5.74) is -1.09. The standard InChI is InChI=1S/C11H19N3O2/c1-10(2,3)8-13-9(16-14-8)11(15)4-6-12-7-5-11/h12,15H,4-7H2,1-3H3. The minimum absolute atomic E-state index is 0.148. The van der Waals surface area contributed by atoms with Gasteiger partial charge in [-0.15, -0.1) is 0 Å². The van der Waals surface area contributed by atoms with Crippen LogP contribution in [-0.2, 0) is 11.0 Å². The molecule has 2 rings (SSSR count). The van der Waals surface area contributed by atoms with Gasteiger partial charge in [0.2, 0.25) is 0 Å². The van der Waals surface area contributed by atoms with Crippen LogP contribution in [0.1, 0.15) is 45.3 Å². The second kappa shape index (κ2) is 3.82. The molecule has 0 atom stereocenters. The highest BCUT2D eigenvalue weighted by Gasteiger charge is 2.37. The first kappa shape index (κ1) is 11.5. The van der Waals surface area contributed by atoms with Crippen molar-refractivity contribution < 1.29 is 9.63 Å². The highest BCUT2D eigenvalue weighted by molar-refractivity contribution is 5.06. The molecule has 2 N–H and O–H groups in total. The van der Waals surface area contributed by atoms with E-state index in [1.54, 1.807) is 0 Å². The summed E-state index contributed by atoms with van der Waals surface area (Å²) < 4.78 is 5.19. The minimum Gasteiger partial charge on any atom is -0.380 e. The summed E-state index contributed by atoms with van der Waals surface area (Å²) in [6.45, 7) is 7.63. The monoisotopic (exact) mass is 225 g/mol. The van der Waals surface area contributed by atoms with E-state index in [-0.39, 0.29) is 5.41 Å². The Morgan fingerprint density at radius 2 is 1.94 bits per heavy atom. The largest absolute Gasteiger partial charge is 0.380 e. The van der Waals surface area contributed by atoms with Crippen molar-refractivity contribution in [3.8, 4) is 0 Å². The van der Waals surface area contributed by atoms with E-state index in [0.717, 1.165) is 13.1 Å². The fraction of sp³-hybridized carbons (Fsp3) is 0.818. The first-order chi connectivity index (χ1) is 7.42. The predicted molar refractivity (Wildman–Crippen MR) is 59.0 cm³/mol. The van der Waals surface area contributed by atoms with Crippen LogP contribution in [0, 0.1) is 0 Å². The van der Waals surface area contributed by atoms with Crippen LogP contribution in [0.4, 0.5) is 0 Å². The number of piperidine rings is 1. The van der Waals surface area contributed by atoms with Crippen LogP contribution in [0.15, 0.2) is 4.52 Å². The molecule has 1 aliphatic rings. The van der Waals surface area contributed by atoms with Crippen molar-refractivity contribution in [3.05, 3.63) is 11.7 Å². The molecule has 0 spiro atoms. The molecule has 16 heavy (non-hydrogen) atoms. The number of aliphatic hydroxyl groups is 1. The molecule has 0 aromatic carbocycles. The van der Waals surface area contributed by atoms with E-state index >= 15 is 0 Å². The van der Waals surface area contributed by atoms with Crippen molar-refractivity contribution >= 4 is 0 Å². The van der Waals surface area contributed by atoms with Gasteiger partial charge in [-0.2, -0.15) is 4.98 Å². The molecule has 1 saturated heterocycles. The normalized spacial score (nSPS) is 21.0. The van der Waals surface area contributed by atoms with Gasteiger partial charge < -0.3 is 14.9 Å². The van der Waals surface area contributed by atoms with E-state index in [9.17, 15) is 5.11 Å². The van der Waals surface area contributed by atoms with Crippen molar-refractivity contribution in [2.75, 3.05) is 13.1 Å². The van der Waals surface area contributed by atoms with Crippen LogP contribution >= 0.6 is 0 Å². The van der Waals surface area contributed by atoms with Gasteiger partial charge in [0, 0.05) is 5.41 Å². The van der Waals surface area contributed by atoms with Gasteiger partial charge in [-0.1, -0.05) is 25.9 Å². The lowest BCUT2D eigenvalue weighted by molar-refractivity contribution is -0.0228. The van der Waals surface area contributed by atoms with Crippen molar-refractivity contribution in [2.45, 2.75) is 44.6 Å². The zero-order valence-electron chi connectivity index (χ0n) is 10.1. The summed E-state index contributed by atoms with van der Waals surface area (Å²) in [5, 5.41) is 17.5. The first-order valence-electron chi connectivity index (χ1n) is 5.70. The molecule has 1 fully saturated rings. The van der Waals surface area contributed by atoms with Gasteiger partial charge in [-0.25, -0.2) is 0 Å². The Bertz CT molecular complexity index is 362. The zero-order chi connectivity index (χ0) is 11.8. The van der Waals surface area contributed by atoms with E-state index in [2.05, 4.69) is 15.5 Å². The summed E-state index contributed by atoms with van der Waals surface area (Å²) >= 11 is 0. The molecule has 2 heterocycles. The van der Waals surface area contributed by atoms with Gasteiger partial charge >= 0.3 is 0 Å². The van der Waals surface area contributed by atoms with Crippen LogP contribution in [0.2, 0.25) is 0 Å². The Labute approximate surface area is 95.2 Å². The lowest BCUT2D eigenvalue weighted by Gasteiger charge is -2.28. The smallest absolute Gasteiger partial charge is 0.258 e. The van der Waals surface area contributed by atoms with Gasteiger partial charge in [-0.3, -0.25) is 0 Å². The summed E-state index contributed by atoms with van der Waals surface area (Å²) in [7, 11) is 0. The van der Waals surface area contributed by atoms with E-state index < -0.39 is 5.60 Å². The topological polar surface area (TPSA) is 71.2 Å². The Balaban J connectivity index is 2.24. The van der Waals surface area contributed by atoms with Crippen molar-refractivity contribution in [1.82, 2.24) is 15.5 Å². The quantitative estimate of drug-likeness (QED) is 0.744. The third-order valence-electron chi connectivity index (χ3n) is 2.93.